The summed E-state index contributed by atoms with van der Waals surface area (Å²) >= 11 is 5.15. The van der Waals surface area contributed by atoms with E-state index in [9.17, 15) is 4.79 Å². The Morgan fingerprint density at radius 3 is 2.88 bits per heavy atom. The van der Waals surface area contributed by atoms with Gasteiger partial charge in [-0.1, -0.05) is 35.9 Å². The summed E-state index contributed by atoms with van der Waals surface area (Å²) in [7, 11) is 0. The zero-order valence-electron chi connectivity index (χ0n) is 13.2. The van der Waals surface area contributed by atoms with E-state index in [0.717, 1.165) is 21.3 Å². The topological polar surface area (TPSA) is 58.6 Å². The van der Waals surface area contributed by atoms with Gasteiger partial charge in [-0.3, -0.25) is 10.1 Å². The molecule has 0 bridgehead atoms. The van der Waals surface area contributed by atoms with Gasteiger partial charge in [0.25, 0.3) is 0 Å². The second kappa shape index (κ2) is 7.59. The second-order valence-corrected chi connectivity index (χ2v) is 7.73. The lowest BCUT2D eigenvalue weighted by Gasteiger charge is -2.14. The number of aryl methyl sites for hydroxylation is 1. The Morgan fingerprint density at radius 1 is 1.38 bits per heavy atom. The van der Waals surface area contributed by atoms with Crippen molar-refractivity contribution in [1.82, 2.24) is 5.32 Å². The average Bonchev–Trinajstić information content (AvgIpc) is 3.04. The number of ether oxygens (including phenoxy) is 1. The summed E-state index contributed by atoms with van der Waals surface area (Å²) in [5.74, 6) is 0.545. The van der Waals surface area contributed by atoms with Gasteiger partial charge in [0.2, 0.25) is 0 Å². The summed E-state index contributed by atoms with van der Waals surface area (Å²) in [4.78, 5) is 11.0. The maximum absolute atomic E-state index is 11.0. The van der Waals surface area contributed by atoms with Gasteiger partial charge in [-0.2, -0.15) is 0 Å². The van der Waals surface area contributed by atoms with Gasteiger partial charge in [0.1, 0.15) is 18.4 Å². The molecule has 0 aromatic heterocycles. The first-order valence-corrected chi connectivity index (χ1v) is 9.45. The van der Waals surface area contributed by atoms with Crippen molar-refractivity contribution in [1.29, 1.82) is 0 Å². The molecule has 2 N–H and O–H groups in total. The molecule has 2 aromatic carbocycles. The number of rotatable bonds is 5. The predicted molar refractivity (Wildman–Crippen MR) is 99.4 cm³/mol. The number of thioether (sulfide) groups is 1. The third kappa shape index (κ3) is 4.12. The SMILES string of the molecule is Cc1cccc(COc2ccc(C3NC(C(=O)O)CS3)cc2Br)c1. The van der Waals surface area contributed by atoms with Crippen molar-refractivity contribution in [3.63, 3.8) is 0 Å². The Balaban J connectivity index is 1.66. The summed E-state index contributed by atoms with van der Waals surface area (Å²) < 4.78 is 6.76. The van der Waals surface area contributed by atoms with Gasteiger partial charge in [0, 0.05) is 5.75 Å². The van der Waals surface area contributed by atoms with Crippen LogP contribution in [0.4, 0.5) is 0 Å². The minimum Gasteiger partial charge on any atom is -0.488 e. The highest BCUT2D eigenvalue weighted by Gasteiger charge is 2.30. The number of aliphatic carboxylic acids is 1. The van der Waals surface area contributed by atoms with E-state index in [0.29, 0.717) is 12.4 Å². The molecule has 0 amide bonds. The van der Waals surface area contributed by atoms with E-state index in [-0.39, 0.29) is 5.37 Å². The molecule has 126 valence electrons. The van der Waals surface area contributed by atoms with Gasteiger partial charge >= 0.3 is 5.97 Å². The zero-order valence-corrected chi connectivity index (χ0v) is 15.6. The van der Waals surface area contributed by atoms with Gasteiger partial charge in [0.05, 0.1) is 9.85 Å². The fourth-order valence-electron chi connectivity index (χ4n) is 2.57. The van der Waals surface area contributed by atoms with Crippen molar-refractivity contribution in [2.75, 3.05) is 5.75 Å². The fraction of sp³-hybridized carbons (Fsp3) is 0.278. The lowest BCUT2D eigenvalue weighted by molar-refractivity contribution is -0.138. The molecule has 24 heavy (non-hydrogen) atoms. The van der Waals surface area contributed by atoms with E-state index < -0.39 is 12.0 Å². The Labute approximate surface area is 153 Å². The molecular formula is C18H18BrNO3S. The summed E-state index contributed by atoms with van der Waals surface area (Å²) in [5.41, 5.74) is 3.38. The van der Waals surface area contributed by atoms with Crippen molar-refractivity contribution >= 4 is 33.7 Å². The largest absolute Gasteiger partial charge is 0.488 e. The highest BCUT2D eigenvalue weighted by atomic mass is 79.9. The Kier molecular flexibility index (Phi) is 5.48. The molecular weight excluding hydrogens is 390 g/mol. The molecule has 1 aliphatic heterocycles. The van der Waals surface area contributed by atoms with Gasteiger partial charge in [0.15, 0.2) is 0 Å². The molecule has 1 aliphatic rings. The van der Waals surface area contributed by atoms with Crippen molar-refractivity contribution in [2.24, 2.45) is 0 Å². The van der Waals surface area contributed by atoms with Crippen molar-refractivity contribution in [2.45, 2.75) is 24.9 Å². The van der Waals surface area contributed by atoms with Crippen LogP contribution in [0.25, 0.3) is 0 Å². The number of carboxylic acid groups (broad SMARTS) is 1. The summed E-state index contributed by atoms with van der Waals surface area (Å²) in [6, 6.07) is 13.6. The first-order valence-electron chi connectivity index (χ1n) is 7.61. The van der Waals surface area contributed by atoms with Crippen molar-refractivity contribution < 1.29 is 14.6 Å². The monoisotopic (exact) mass is 407 g/mol. The van der Waals surface area contributed by atoms with E-state index in [1.807, 2.05) is 30.3 Å². The molecule has 6 heteroatoms. The number of carboxylic acids is 1. The van der Waals surface area contributed by atoms with Gasteiger partial charge in [-0.25, -0.2) is 0 Å². The van der Waals surface area contributed by atoms with Gasteiger partial charge < -0.3 is 9.84 Å². The van der Waals surface area contributed by atoms with Crippen LogP contribution in [0, 0.1) is 6.92 Å². The van der Waals surface area contributed by atoms with Crippen molar-refractivity contribution in [3.05, 3.63) is 63.6 Å². The second-order valence-electron chi connectivity index (χ2n) is 5.74. The Hall–Kier alpha value is -1.50. The van der Waals surface area contributed by atoms with Crippen LogP contribution < -0.4 is 10.1 Å². The number of carbonyl (C=O) groups is 1. The lowest BCUT2D eigenvalue weighted by atomic mass is 10.1. The van der Waals surface area contributed by atoms with E-state index in [1.165, 1.54) is 5.56 Å². The molecule has 1 fully saturated rings. The predicted octanol–water partition coefficient (Wildman–Crippen LogP) is 4.12. The standard InChI is InChI=1S/C18H18BrNO3S/c1-11-3-2-4-12(7-11)9-23-16-6-5-13(8-14(16)19)17-20-15(10-24-17)18(21)22/h2-8,15,17,20H,9-10H2,1H3,(H,21,22). The summed E-state index contributed by atoms with van der Waals surface area (Å²) in [6.07, 6.45) is 0. The Morgan fingerprint density at radius 2 is 2.21 bits per heavy atom. The molecule has 2 unspecified atom stereocenters. The molecule has 1 saturated heterocycles. The number of halogens is 1. The van der Waals surface area contributed by atoms with Crippen LogP contribution in [0.2, 0.25) is 0 Å². The van der Waals surface area contributed by atoms with E-state index >= 15 is 0 Å². The zero-order chi connectivity index (χ0) is 17.1. The third-order valence-electron chi connectivity index (χ3n) is 3.82. The lowest BCUT2D eigenvalue weighted by Crippen LogP contribution is -2.33. The van der Waals surface area contributed by atoms with Crippen LogP contribution in [0.15, 0.2) is 46.9 Å². The molecule has 0 aliphatic carbocycles. The van der Waals surface area contributed by atoms with Crippen LogP contribution in [-0.4, -0.2) is 22.9 Å². The maximum Gasteiger partial charge on any atom is 0.321 e. The fourth-order valence-corrected chi connectivity index (χ4v) is 4.30. The smallest absolute Gasteiger partial charge is 0.321 e. The molecule has 0 radical (unpaired) electrons. The van der Waals surface area contributed by atoms with Crippen LogP contribution in [0.5, 0.6) is 5.75 Å². The molecule has 2 aromatic rings. The molecule has 2 atom stereocenters. The number of hydrogen-bond acceptors (Lipinski definition) is 4. The van der Waals surface area contributed by atoms with Gasteiger partial charge in [-0.05, 0) is 46.1 Å². The van der Waals surface area contributed by atoms with Crippen LogP contribution >= 0.6 is 27.7 Å². The minimum atomic E-state index is -0.804. The molecule has 4 nitrogen and oxygen atoms in total. The third-order valence-corrected chi connectivity index (χ3v) is 5.70. The molecule has 0 spiro atoms. The number of nitrogens with one attached hydrogen (secondary N) is 1. The van der Waals surface area contributed by atoms with Crippen molar-refractivity contribution in [3.8, 4) is 5.75 Å². The quantitative estimate of drug-likeness (QED) is 0.780. The van der Waals surface area contributed by atoms with Crippen LogP contribution in [0.3, 0.4) is 0 Å². The minimum absolute atomic E-state index is 0.00628. The summed E-state index contributed by atoms with van der Waals surface area (Å²) in [6.45, 7) is 2.57. The first-order chi connectivity index (χ1) is 11.5. The van der Waals surface area contributed by atoms with E-state index in [2.05, 4.69) is 40.3 Å². The number of hydrogen-bond donors (Lipinski definition) is 2. The number of benzene rings is 2. The van der Waals surface area contributed by atoms with E-state index in [1.54, 1.807) is 11.8 Å². The highest BCUT2D eigenvalue weighted by Crippen LogP contribution is 2.36. The van der Waals surface area contributed by atoms with E-state index in [4.69, 9.17) is 9.84 Å². The Bertz CT molecular complexity index is 753. The highest BCUT2D eigenvalue weighted by molar-refractivity contribution is 9.10. The molecule has 3 rings (SSSR count). The van der Waals surface area contributed by atoms with Crippen LogP contribution in [-0.2, 0) is 11.4 Å². The first kappa shape index (κ1) is 17.3. The molecule has 1 heterocycles. The normalized spacial score (nSPS) is 20.1. The van der Waals surface area contributed by atoms with Crippen LogP contribution in [0.1, 0.15) is 22.1 Å². The maximum atomic E-state index is 11.0. The summed E-state index contributed by atoms with van der Waals surface area (Å²) in [5, 5.41) is 12.2. The molecule has 0 saturated carbocycles. The average molecular weight is 408 g/mol. The van der Waals surface area contributed by atoms with Gasteiger partial charge in [-0.15, -0.1) is 11.8 Å².